The van der Waals surface area contributed by atoms with Gasteiger partial charge in [0.1, 0.15) is 23.7 Å². The zero-order valence-corrected chi connectivity index (χ0v) is 14.4. The third kappa shape index (κ3) is 3.50. The average Bonchev–Trinajstić information content (AvgIpc) is 2.89. The zero-order chi connectivity index (χ0) is 17.1. The van der Waals surface area contributed by atoms with Crippen molar-refractivity contribution in [3.63, 3.8) is 0 Å². The molecule has 0 bridgehead atoms. The van der Waals surface area contributed by atoms with Crippen LogP contribution >= 0.6 is 15.9 Å². The van der Waals surface area contributed by atoms with E-state index in [1.165, 1.54) is 7.11 Å². The van der Waals surface area contributed by atoms with Gasteiger partial charge in [0.15, 0.2) is 0 Å². The smallest absolute Gasteiger partial charge is 0.342 e. The van der Waals surface area contributed by atoms with Crippen LogP contribution in [0, 0.1) is 0 Å². The van der Waals surface area contributed by atoms with Crippen molar-refractivity contribution in [3.8, 4) is 11.5 Å². The van der Waals surface area contributed by atoms with Crippen molar-refractivity contribution in [3.05, 3.63) is 32.8 Å². The molecule has 1 aromatic rings. The number of methoxy groups -OCH3 is 1. The summed E-state index contributed by atoms with van der Waals surface area (Å²) in [5, 5.41) is 19.1. The Morgan fingerprint density at radius 3 is 2.74 bits per heavy atom. The molecule has 0 aliphatic carbocycles. The molecule has 23 heavy (non-hydrogen) atoms. The molecular formula is C16H17BrO6. The number of phenols is 1. The Labute approximate surface area is 141 Å². The molecule has 1 heterocycles. The number of carboxylic acid groups (broad SMARTS) is 1. The van der Waals surface area contributed by atoms with E-state index in [0.717, 1.165) is 5.57 Å². The summed E-state index contributed by atoms with van der Waals surface area (Å²) in [5.41, 5.74) is 2.07. The topological polar surface area (TPSA) is 93.1 Å². The Morgan fingerprint density at radius 2 is 2.13 bits per heavy atom. The zero-order valence-electron chi connectivity index (χ0n) is 12.8. The van der Waals surface area contributed by atoms with Gasteiger partial charge >= 0.3 is 11.9 Å². The maximum absolute atomic E-state index is 11.8. The first-order valence-corrected chi connectivity index (χ1v) is 7.80. The highest BCUT2D eigenvalue weighted by Gasteiger charge is 2.32. The number of carbonyl (C=O) groups is 2. The minimum Gasteiger partial charge on any atom is -0.507 e. The SMILES string of the molecule is COc1c(Br)c2c(c(O)c1C/C=C(\C)CCC(=O)O)C(=O)OC2. The van der Waals surface area contributed by atoms with E-state index in [9.17, 15) is 14.7 Å². The summed E-state index contributed by atoms with van der Waals surface area (Å²) < 4.78 is 10.9. The Kier molecular flexibility index (Phi) is 5.30. The number of esters is 1. The number of cyclic esters (lactones) is 1. The van der Waals surface area contributed by atoms with Crippen LogP contribution in [0.1, 0.15) is 41.3 Å². The van der Waals surface area contributed by atoms with Gasteiger partial charge in [0.05, 0.1) is 11.6 Å². The molecule has 0 saturated heterocycles. The molecule has 6 nitrogen and oxygen atoms in total. The van der Waals surface area contributed by atoms with Crippen LogP contribution in [0.4, 0.5) is 0 Å². The molecule has 0 unspecified atom stereocenters. The van der Waals surface area contributed by atoms with Crippen LogP contribution < -0.4 is 4.74 Å². The number of phenolic OH excluding ortho intramolecular Hbond substituents is 1. The number of ether oxygens (including phenoxy) is 2. The molecule has 0 saturated carbocycles. The largest absolute Gasteiger partial charge is 0.507 e. The van der Waals surface area contributed by atoms with E-state index in [-0.39, 0.29) is 24.3 Å². The van der Waals surface area contributed by atoms with Crippen LogP contribution in [0.15, 0.2) is 16.1 Å². The molecular weight excluding hydrogens is 368 g/mol. The molecule has 0 amide bonds. The van der Waals surface area contributed by atoms with E-state index >= 15 is 0 Å². The maximum atomic E-state index is 11.8. The van der Waals surface area contributed by atoms with Crippen LogP contribution in [0.25, 0.3) is 0 Å². The molecule has 0 fully saturated rings. The molecule has 0 radical (unpaired) electrons. The first-order valence-electron chi connectivity index (χ1n) is 7.01. The summed E-state index contributed by atoms with van der Waals surface area (Å²) in [6.07, 6.45) is 2.61. The van der Waals surface area contributed by atoms with E-state index in [4.69, 9.17) is 14.6 Å². The van der Waals surface area contributed by atoms with Crippen molar-refractivity contribution < 1.29 is 29.3 Å². The van der Waals surface area contributed by atoms with Gasteiger partial charge in [-0.05, 0) is 35.7 Å². The number of carbonyl (C=O) groups excluding carboxylic acids is 1. The summed E-state index contributed by atoms with van der Waals surface area (Å²) in [6.45, 7) is 1.91. The van der Waals surface area contributed by atoms with Gasteiger partial charge in [0.25, 0.3) is 0 Å². The van der Waals surface area contributed by atoms with Crippen molar-refractivity contribution in [2.45, 2.75) is 32.8 Å². The number of hydrogen-bond acceptors (Lipinski definition) is 5. The highest BCUT2D eigenvalue weighted by Crippen LogP contribution is 2.45. The summed E-state index contributed by atoms with van der Waals surface area (Å²) in [7, 11) is 1.48. The summed E-state index contributed by atoms with van der Waals surface area (Å²) in [5.74, 6) is -1.12. The van der Waals surface area contributed by atoms with Crippen molar-refractivity contribution in [1.29, 1.82) is 0 Å². The number of carboxylic acids is 1. The minimum absolute atomic E-state index is 0.0473. The summed E-state index contributed by atoms with van der Waals surface area (Å²) in [6, 6.07) is 0. The average molecular weight is 385 g/mol. The molecule has 1 aromatic carbocycles. The lowest BCUT2D eigenvalue weighted by Gasteiger charge is -2.14. The summed E-state index contributed by atoms with van der Waals surface area (Å²) >= 11 is 3.40. The molecule has 1 aliphatic heterocycles. The number of aromatic hydroxyl groups is 1. The highest BCUT2D eigenvalue weighted by molar-refractivity contribution is 9.10. The quantitative estimate of drug-likeness (QED) is 0.577. The fraction of sp³-hybridized carbons (Fsp3) is 0.375. The van der Waals surface area contributed by atoms with E-state index in [2.05, 4.69) is 15.9 Å². The van der Waals surface area contributed by atoms with Crippen LogP contribution in [-0.2, 0) is 22.6 Å². The fourth-order valence-electron chi connectivity index (χ4n) is 2.43. The fourth-order valence-corrected chi connectivity index (χ4v) is 3.14. The lowest BCUT2D eigenvalue weighted by atomic mass is 9.99. The number of hydrogen-bond donors (Lipinski definition) is 2. The van der Waals surface area contributed by atoms with E-state index in [0.29, 0.717) is 34.2 Å². The minimum atomic E-state index is -0.860. The van der Waals surface area contributed by atoms with Crippen LogP contribution in [0.5, 0.6) is 11.5 Å². The van der Waals surface area contributed by atoms with Gasteiger partial charge in [-0.1, -0.05) is 11.6 Å². The number of benzene rings is 1. The van der Waals surface area contributed by atoms with Crippen LogP contribution in [-0.4, -0.2) is 29.3 Å². The second kappa shape index (κ2) is 7.04. The second-order valence-electron chi connectivity index (χ2n) is 5.25. The van der Waals surface area contributed by atoms with Gasteiger partial charge in [0, 0.05) is 17.5 Å². The molecule has 0 atom stereocenters. The molecule has 2 rings (SSSR count). The monoisotopic (exact) mass is 384 g/mol. The maximum Gasteiger partial charge on any atom is 0.342 e. The Bertz CT molecular complexity index is 693. The third-order valence-corrected chi connectivity index (χ3v) is 4.55. The van der Waals surface area contributed by atoms with Gasteiger partial charge in [-0.15, -0.1) is 0 Å². The van der Waals surface area contributed by atoms with E-state index in [1.54, 1.807) is 0 Å². The van der Waals surface area contributed by atoms with Gasteiger partial charge in [0.2, 0.25) is 0 Å². The number of rotatable bonds is 6. The van der Waals surface area contributed by atoms with Crippen LogP contribution in [0.2, 0.25) is 0 Å². The van der Waals surface area contributed by atoms with Crippen LogP contribution in [0.3, 0.4) is 0 Å². The van der Waals surface area contributed by atoms with Gasteiger partial charge in [-0.3, -0.25) is 4.79 Å². The first kappa shape index (κ1) is 17.3. The lowest BCUT2D eigenvalue weighted by molar-refractivity contribution is -0.136. The standard InChI is InChI=1S/C16H17BrO6/c1-8(4-6-11(18)19)3-5-9-14(20)12-10(7-23-16(12)21)13(17)15(9)22-2/h3,20H,4-7H2,1-2H3,(H,18,19)/b8-3+. The van der Waals surface area contributed by atoms with E-state index < -0.39 is 11.9 Å². The van der Waals surface area contributed by atoms with Gasteiger partial charge in [-0.25, -0.2) is 4.79 Å². The Morgan fingerprint density at radius 1 is 1.43 bits per heavy atom. The Hall–Kier alpha value is -2.02. The lowest BCUT2D eigenvalue weighted by Crippen LogP contribution is -2.02. The predicted molar refractivity (Wildman–Crippen MR) is 85.8 cm³/mol. The van der Waals surface area contributed by atoms with Crippen molar-refractivity contribution >= 4 is 27.9 Å². The Balaban J connectivity index is 2.37. The van der Waals surface area contributed by atoms with Crippen molar-refractivity contribution in [1.82, 2.24) is 0 Å². The highest BCUT2D eigenvalue weighted by atomic mass is 79.9. The predicted octanol–water partition coefficient (Wildman–Crippen LogP) is 3.19. The molecule has 0 spiro atoms. The molecule has 0 aromatic heterocycles. The first-order chi connectivity index (χ1) is 10.9. The van der Waals surface area contributed by atoms with E-state index in [1.807, 2.05) is 13.0 Å². The van der Waals surface area contributed by atoms with Gasteiger partial charge in [-0.2, -0.15) is 0 Å². The second-order valence-corrected chi connectivity index (χ2v) is 6.05. The van der Waals surface area contributed by atoms with Crippen molar-refractivity contribution in [2.24, 2.45) is 0 Å². The molecule has 2 N–H and O–H groups in total. The normalized spacial score (nSPS) is 13.7. The number of aliphatic carboxylic acids is 1. The van der Waals surface area contributed by atoms with Crippen molar-refractivity contribution in [2.75, 3.05) is 7.11 Å². The molecule has 1 aliphatic rings. The number of allylic oxidation sites excluding steroid dienone is 2. The van der Waals surface area contributed by atoms with Gasteiger partial charge < -0.3 is 19.7 Å². The molecule has 124 valence electrons. The molecule has 7 heteroatoms. The number of fused-ring (bicyclic) bond motifs is 1. The third-order valence-electron chi connectivity index (χ3n) is 3.71. The number of halogens is 1. The summed E-state index contributed by atoms with van der Waals surface area (Å²) in [4.78, 5) is 22.4.